The lowest BCUT2D eigenvalue weighted by Gasteiger charge is -2.28. The molecular weight excluding hydrogens is 218 g/mol. The molecule has 1 aliphatic rings. The summed E-state index contributed by atoms with van der Waals surface area (Å²) in [5, 5.41) is 7.26. The number of aromatic nitrogens is 3. The Hall–Kier alpha value is -1.43. The van der Waals surface area contributed by atoms with Crippen LogP contribution in [0.1, 0.15) is 19.8 Å². The lowest BCUT2D eigenvalue weighted by atomic mass is 10.2. The molecule has 2 rings (SSSR count). The molecule has 6 nitrogen and oxygen atoms in total. The van der Waals surface area contributed by atoms with E-state index < -0.39 is 0 Å². The molecule has 94 valence electrons. The summed E-state index contributed by atoms with van der Waals surface area (Å²) in [6, 6.07) is 0.339. The first kappa shape index (κ1) is 12.0. The minimum atomic E-state index is 0.131. The van der Waals surface area contributed by atoms with Crippen LogP contribution in [0.4, 0.5) is 0 Å². The first-order valence-corrected chi connectivity index (χ1v) is 6.14. The molecule has 2 heterocycles. The summed E-state index contributed by atoms with van der Waals surface area (Å²) in [6.45, 7) is 5.11. The highest BCUT2D eigenvalue weighted by molar-refractivity contribution is 5.76. The highest BCUT2D eigenvalue weighted by Gasteiger charge is 2.25. The van der Waals surface area contributed by atoms with Gasteiger partial charge in [0.05, 0.1) is 0 Å². The molecule has 1 N–H and O–H groups in total. The molecule has 6 heteroatoms. The summed E-state index contributed by atoms with van der Waals surface area (Å²) in [4.78, 5) is 18.0. The van der Waals surface area contributed by atoms with E-state index in [0.29, 0.717) is 6.04 Å². The second-order valence-electron chi connectivity index (χ2n) is 4.33. The maximum Gasteiger partial charge on any atom is 0.244 e. The molecule has 1 saturated heterocycles. The van der Waals surface area contributed by atoms with Gasteiger partial charge in [-0.2, -0.15) is 5.10 Å². The van der Waals surface area contributed by atoms with Crippen molar-refractivity contribution in [2.75, 3.05) is 19.6 Å². The Labute approximate surface area is 101 Å². The zero-order valence-corrected chi connectivity index (χ0v) is 10.2. The number of carbonyl (C=O) groups excluding carboxylic acids is 1. The van der Waals surface area contributed by atoms with Gasteiger partial charge >= 0.3 is 0 Å². The van der Waals surface area contributed by atoms with Crippen molar-refractivity contribution in [3.05, 3.63) is 12.7 Å². The smallest absolute Gasteiger partial charge is 0.244 e. The number of amides is 1. The van der Waals surface area contributed by atoms with Crippen LogP contribution in [0.3, 0.4) is 0 Å². The van der Waals surface area contributed by atoms with Crippen molar-refractivity contribution in [2.45, 2.75) is 32.4 Å². The predicted molar refractivity (Wildman–Crippen MR) is 63.3 cm³/mol. The van der Waals surface area contributed by atoms with E-state index in [4.69, 9.17) is 0 Å². The van der Waals surface area contributed by atoms with E-state index in [0.717, 1.165) is 32.5 Å². The van der Waals surface area contributed by atoms with Crippen molar-refractivity contribution >= 4 is 5.91 Å². The van der Waals surface area contributed by atoms with Crippen LogP contribution >= 0.6 is 0 Å². The molecule has 0 aromatic carbocycles. The molecule has 0 bridgehead atoms. The molecule has 1 unspecified atom stereocenters. The Morgan fingerprint density at radius 1 is 1.65 bits per heavy atom. The van der Waals surface area contributed by atoms with Gasteiger partial charge in [0.15, 0.2) is 0 Å². The summed E-state index contributed by atoms with van der Waals surface area (Å²) in [7, 11) is 0. The average molecular weight is 237 g/mol. The summed E-state index contributed by atoms with van der Waals surface area (Å²) in [5.74, 6) is 0.131. The first-order valence-electron chi connectivity index (χ1n) is 6.14. The highest BCUT2D eigenvalue weighted by Crippen LogP contribution is 2.10. The van der Waals surface area contributed by atoms with Gasteiger partial charge in [0.2, 0.25) is 5.91 Å². The SMILES string of the molecule is CCCN(C(=O)Cn1cncn1)C1CCNC1. The quantitative estimate of drug-likeness (QED) is 0.775. The fourth-order valence-electron chi connectivity index (χ4n) is 2.20. The molecule has 1 aliphatic heterocycles. The normalized spacial score (nSPS) is 19.5. The molecule has 0 radical (unpaired) electrons. The lowest BCUT2D eigenvalue weighted by Crippen LogP contribution is -2.43. The van der Waals surface area contributed by atoms with Crippen molar-refractivity contribution in [3.63, 3.8) is 0 Å². The Morgan fingerprint density at radius 3 is 3.12 bits per heavy atom. The number of hydrogen-bond acceptors (Lipinski definition) is 4. The van der Waals surface area contributed by atoms with Crippen molar-refractivity contribution < 1.29 is 4.79 Å². The Balaban J connectivity index is 1.97. The van der Waals surface area contributed by atoms with Gasteiger partial charge in [-0.3, -0.25) is 4.79 Å². The molecular formula is C11H19N5O. The molecule has 17 heavy (non-hydrogen) atoms. The lowest BCUT2D eigenvalue weighted by molar-refractivity contribution is -0.134. The van der Waals surface area contributed by atoms with Gasteiger partial charge < -0.3 is 10.2 Å². The standard InChI is InChI=1S/C11H19N5O/c1-2-5-16(10-3-4-12-6-10)11(17)7-15-9-13-8-14-15/h8-10,12H,2-7H2,1H3. The van der Waals surface area contributed by atoms with Crippen molar-refractivity contribution in [3.8, 4) is 0 Å². The molecule has 1 fully saturated rings. The van der Waals surface area contributed by atoms with Gasteiger partial charge in [0, 0.05) is 19.1 Å². The van der Waals surface area contributed by atoms with Crippen LogP contribution < -0.4 is 5.32 Å². The first-order chi connectivity index (χ1) is 8.31. The second kappa shape index (κ2) is 5.77. The van der Waals surface area contributed by atoms with Crippen LogP contribution in [0.25, 0.3) is 0 Å². The fourth-order valence-corrected chi connectivity index (χ4v) is 2.20. The van der Waals surface area contributed by atoms with Gasteiger partial charge in [-0.05, 0) is 19.4 Å². The highest BCUT2D eigenvalue weighted by atomic mass is 16.2. The van der Waals surface area contributed by atoms with Crippen LogP contribution in [-0.4, -0.2) is 51.2 Å². The van der Waals surface area contributed by atoms with Crippen molar-refractivity contribution in [2.24, 2.45) is 0 Å². The van der Waals surface area contributed by atoms with E-state index >= 15 is 0 Å². The van der Waals surface area contributed by atoms with E-state index in [9.17, 15) is 4.79 Å². The third kappa shape index (κ3) is 3.03. The summed E-state index contributed by atoms with van der Waals surface area (Å²) in [5.41, 5.74) is 0. The van der Waals surface area contributed by atoms with Crippen molar-refractivity contribution in [1.29, 1.82) is 0 Å². The topological polar surface area (TPSA) is 63.1 Å². The molecule has 0 saturated carbocycles. The minimum Gasteiger partial charge on any atom is -0.337 e. The van der Waals surface area contributed by atoms with Crippen LogP contribution in [-0.2, 0) is 11.3 Å². The van der Waals surface area contributed by atoms with Crippen LogP contribution in [0, 0.1) is 0 Å². The Bertz CT molecular complexity index is 345. The second-order valence-corrected chi connectivity index (χ2v) is 4.33. The van der Waals surface area contributed by atoms with Crippen LogP contribution in [0.15, 0.2) is 12.7 Å². The summed E-state index contributed by atoms with van der Waals surface area (Å²) in [6.07, 6.45) is 5.06. The molecule has 1 aromatic rings. The van der Waals surface area contributed by atoms with Gasteiger partial charge in [0.25, 0.3) is 0 Å². The molecule has 1 atom stereocenters. The molecule has 0 spiro atoms. The third-order valence-corrected chi connectivity index (χ3v) is 3.02. The zero-order valence-electron chi connectivity index (χ0n) is 10.2. The third-order valence-electron chi connectivity index (χ3n) is 3.02. The Kier molecular flexibility index (Phi) is 4.08. The van der Waals surface area contributed by atoms with E-state index in [1.54, 1.807) is 11.0 Å². The maximum atomic E-state index is 12.2. The molecule has 1 amide bonds. The van der Waals surface area contributed by atoms with E-state index in [1.807, 2.05) is 4.90 Å². The molecule has 0 aliphatic carbocycles. The van der Waals surface area contributed by atoms with Gasteiger partial charge in [-0.15, -0.1) is 0 Å². The van der Waals surface area contributed by atoms with Gasteiger partial charge in [-0.1, -0.05) is 6.92 Å². The number of carbonyl (C=O) groups is 1. The van der Waals surface area contributed by atoms with E-state index in [1.165, 1.54) is 6.33 Å². The summed E-state index contributed by atoms with van der Waals surface area (Å²) < 4.78 is 1.58. The van der Waals surface area contributed by atoms with Crippen LogP contribution in [0.5, 0.6) is 0 Å². The van der Waals surface area contributed by atoms with Gasteiger partial charge in [-0.25, -0.2) is 9.67 Å². The average Bonchev–Trinajstić information content (AvgIpc) is 2.97. The monoisotopic (exact) mass is 237 g/mol. The van der Waals surface area contributed by atoms with Crippen molar-refractivity contribution in [1.82, 2.24) is 25.0 Å². The number of nitrogens with one attached hydrogen (secondary N) is 1. The minimum absolute atomic E-state index is 0.131. The van der Waals surface area contributed by atoms with Crippen LogP contribution in [0.2, 0.25) is 0 Å². The maximum absolute atomic E-state index is 12.2. The molecule has 1 aromatic heterocycles. The number of hydrogen-bond donors (Lipinski definition) is 1. The summed E-state index contributed by atoms with van der Waals surface area (Å²) >= 11 is 0. The van der Waals surface area contributed by atoms with Gasteiger partial charge in [0.1, 0.15) is 19.2 Å². The number of rotatable bonds is 5. The Morgan fingerprint density at radius 2 is 2.53 bits per heavy atom. The zero-order chi connectivity index (χ0) is 12.1. The van der Waals surface area contributed by atoms with E-state index in [-0.39, 0.29) is 12.5 Å². The number of nitrogens with zero attached hydrogens (tertiary/aromatic N) is 4. The van der Waals surface area contributed by atoms with E-state index in [2.05, 4.69) is 22.3 Å². The predicted octanol–water partition coefficient (Wildman–Crippen LogP) is -0.121. The fraction of sp³-hybridized carbons (Fsp3) is 0.727. The largest absolute Gasteiger partial charge is 0.337 e.